The van der Waals surface area contributed by atoms with Crippen molar-refractivity contribution in [2.24, 2.45) is 0 Å². The van der Waals surface area contributed by atoms with Gasteiger partial charge < -0.3 is 9.64 Å². The molecule has 0 aromatic carbocycles. The van der Waals surface area contributed by atoms with Gasteiger partial charge in [0, 0.05) is 29.9 Å². The molecule has 1 saturated heterocycles. The fourth-order valence-electron chi connectivity index (χ4n) is 2.19. The summed E-state index contributed by atoms with van der Waals surface area (Å²) in [5.74, 6) is -0.519. The van der Waals surface area contributed by atoms with Crippen LogP contribution in [0.15, 0.2) is 29.9 Å². The van der Waals surface area contributed by atoms with Crippen molar-refractivity contribution in [2.45, 2.75) is 12.3 Å². The minimum Gasteiger partial charge on any atom is -0.365 e. The van der Waals surface area contributed by atoms with Crippen LogP contribution in [0.2, 0.25) is 0 Å². The monoisotopic (exact) mass is 343 g/mol. The predicted octanol–water partition coefficient (Wildman–Crippen LogP) is 2.61. The number of nitrogens with zero attached hydrogens (tertiary/aromatic N) is 3. The summed E-state index contributed by atoms with van der Waals surface area (Å²) in [5, 5.41) is 2.14. The van der Waals surface area contributed by atoms with Crippen molar-refractivity contribution < 1.29 is 22.7 Å². The second kappa shape index (κ2) is 6.25. The smallest absolute Gasteiger partial charge is 0.365 e. The van der Waals surface area contributed by atoms with E-state index in [1.807, 2.05) is 0 Å². The van der Waals surface area contributed by atoms with Crippen LogP contribution in [0, 0.1) is 0 Å². The molecule has 5 nitrogen and oxygen atoms in total. The summed E-state index contributed by atoms with van der Waals surface area (Å²) in [4.78, 5) is 21.7. The number of hydrogen-bond acceptors (Lipinski definition) is 5. The quantitative estimate of drug-likeness (QED) is 0.841. The Morgan fingerprint density at radius 2 is 2.26 bits per heavy atom. The van der Waals surface area contributed by atoms with E-state index < -0.39 is 24.7 Å². The summed E-state index contributed by atoms with van der Waals surface area (Å²) in [6, 6.07) is 3.54. The molecular formula is C14H12F3N3O2S. The number of ether oxygens (including phenoxy) is 1. The number of alkyl halides is 3. The van der Waals surface area contributed by atoms with Gasteiger partial charge in [0.25, 0.3) is 5.91 Å². The molecule has 2 aromatic rings. The molecule has 1 fully saturated rings. The van der Waals surface area contributed by atoms with Gasteiger partial charge in [-0.15, -0.1) is 11.3 Å². The molecule has 122 valence electrons. The molecule has 0 N–H and O–H groups in total. The number of hydrogen-bond donors (Lipinski definition) is 0. The summed E-state index contributed by atoms with van der Waals surface area (Å²) >= 11 is 1.25. The first kappa shape index (κ1) is 15.9. The number of halogens is 3. The zero-order chi connectivity index (χ0) is 16.4. The van der Waals surface area contributed by atoms with Gasteiger partial charge in [-0.25, -0.2) is 4.98 Å². The maximum atomic E-state index is 12.7. The molecule has 1 amide bonds. The molecule has 0 radical (unpaired) electrons. The third kappa shape index (κ3) is 3.50. The minimum atomic E-state index is -4.48. The summed E-state index contributed by atoms with van der Waals surface area (Å²) in [7, 11) is 0. The molecule has 0 spiro atoms. The van der Waals surface area contributed by atoms with E-state index in [-0.39, 0.29) is 18.8 Å². The van der Waals surface area contributed by atoms with Crippen LogP contribution in [0.1, 0.15) is 10.5 Å². The molecular weight excluding hydrogens is 331 g/mol. The van der Waals surface area contributed by atoms with Crippen molar-refractivity contribution in [1.82, 2.24) is 14.9 Å². The Morgan fingerprint density at radius 1 is 1.43 bits per heavy atom. The van der Waals surface area contributed by atoms with Crippen molar-refractivity contribution in [3.05, 3.63) is 35.6 Å². The van der Waals surface area contributed by atoms with E-state index in [4.69, 9.17) is 0 Å². The van der Waals surface area contributed by atoms with Crippen molar-refractivity contribution in [1.29, 1.82) is 0 Å². The van der Waals surface area contributed by atoms with Crippen LogP contribution in [-0.4, -0.2) is 52.8 Å². The second-order valence-electron chi connectivity index (χ2n) is 4.93. The second-order valence-corrected chi connectivity index (χ2v) is 5.79. The Kier molecular flexibility index (Phi) is 4.31. The maximum absolute atomic E-state index is 12.7. The Hall–Kier alpha value is -2.00. The number of amides is 1. The standard InChI is InChI=1S/C14H12F3N3O2S/c15-14(16,17)11-7-20(4-5-22-11)13(21)10-8-23-12(19-10)9-2-1-3-18-6-9/h1-3,6,8,11H,4-5,7H2/t11-/m0/s1. The number of pyridine rings is 1. The lowest BCUT2D eigenvalue weighted by atomic mass is 10.2. The van der Waals surface area contributed by atoms with Gasteiger partial charge in [0.05, 0.1) is 13.2 Å². The first-order valence-corrected chi connectivity index (χ1v) is 7.66. The molecule has 3 rings (SSSR count). The lowest BCUT2D eigenvalue weighted by molar-refractivity contribution is -0.233. The van der Waals surface area contributed by atoms with Gasteiger partial charge in [-0.3, -0.25) is 9.78 Å². The fraction of sp³-hybridized carbons (Fsp3) is 0.357. The zero-order valence-electron chi connectivity index (χ0n) is 11.8. The third-order valence-corrected chi connectivity index (χ3v) is 4.24. The number of rotatable bonds is 2. The van der Waals surface area contributed by atoms with Crippen LogP contribution in [0.4, 0.5) is 13.2 Å². The van der Waals surface area contributed by atoms with Gasteiger partial charge in [0.2, 0.25) is 0 Å². The highest BCUT2D eigenvalue weighted by Gasteiger charge is 2.44. The van der Waals surface area contributed by atoms with Gasteiger partial charge in [-0.1, -0.05) is 0 Å². The van der Waals surface area contributed by atoms with Gasteiger partial charge in [-0.2, -0.15) is 13.2 Å². The maximum Gasteiger partial charge on any atom is 0.416 e. The van der Waals surface area contributed by atoms with Crippen LogP contribution in [0.3, 0.4) is 0 Å². The molecule has 3 heterocycles. The van der Waals surface area contributed by atoms with E-state index in [1.165, 1.54) is 11.3 Å². The fourth-order valence-corrected chi connectivity index (χ4v) is 2.97. The lowest BCUT2D eigenvalue weighted by Gasteiger charge is -2.33. The minimum absolute atomic E-state index is 0.116. The van der Waals surface area contributed by atoms with Crippen molar-refractivity contribution in [3.63, 3.8) is 0 Å². The average molecular weight is 343 g/mol. The Labute approximate surface area is 133 Å². The molecule has 1 aliphatic heterocycles. The van der Waals surface area contributed by atoms with E-state index in [0.717, 1.165) is 10.5 Å². The normalized spacial score (nSPS) is 18.9. The van der Waals surface area contributed by atoms with Crippen LogP contribution < -0.4 is 0 Å². The molecule has 1 atom stereocenters. The molecule has 0 saturated carbocycles. The van der Waals surface area contributed by atoms with Gasteiger partial charge in [0.15, 0.2) is 6.10 Å². The zero-order valence-corrected chi connectivity index (χ0v) is 12.6. The highest BCUT2D eigenvalue weighted by molar-refractivity contribution is 7.13. The molecule has 0 aliphatic carbocycles. The van der Waals surface area contributed by atoms with Gasteiger partial charge >= 0.3 is 6.18 Å². The van der Waals surface area contributed by atoms with Crippen LogP contribution in [0.5, 0.6) is 0 Å². The Morgan fingerprint density at radius 3 is 2.96 bits per heavy atom. The average Bonchev–Trinajstić information content (AvgIpc) is 3.04. The molecule has 0 bridgehead atoms. The number of morpholine rings is 1. The van der Waals surface area contributed by atoms with E-state index in [2.05, 4.69) is 14.7 Å². The number of aromatic nitrogens is 2. The molecule has 23 heavy (non-hydrogen) atoms. The Balaban J connectivity index is 1.75. The highest BCUT2D eigenvalue weighted by Crippen LogP contribution is 2.27. The largest absolute Gasteiger partial charge is 0.416 e. The SMILES string of the molecule is O=C(c1csc(-c2cccnc2)n1)N1CCO[C@H](C(F)(F)F)C1. The van der Waals surface area contributed by atoms with E-state index in [9.17, 15) is 18.0 Å². The first-order chi connectivity index (χ1) is 10.9. The highest BCUT2D eigenvalue weighted by atomic mass is 32.1. The predicted molar refractivity (Wildman–Crippen MR) is 77.0 cm³/mol. The molecule has 2 aromatic heterocycles. The topological polar surface area (TPSA) is 55.3 Å². The van der Waals surface area contributed by atoms with Crippen molar-refractivity contribution in [2.75, 3.05) is 19.7 Å². The van der Waals surface area contributed by atoms with Crippen molar-refractivity contribution in [3.8, 4) is 10.6 Å². The van der Waals surface area contributed by atoms with Gasteiger partial charge in [-0.05, 0) is 12.1 Å². The molecule has 1 aliphatic rings. The van der Waals surface area contributed by atoms with Crippen LogP contribution in [0.25, 0.3) is 10.6 Å². The summed E-state index contributed by atoms with van der Waals surface area (Å²) in [6.07, 6.45) is -3.20. The lowest BCUT2D eigenvalue weighted by Crippen LogP contribution is -2.51. The van der Waals surface area contributed by atoms with E-state index in [0.29, 0.717) is 5.01 Å². The number of carbonyl (C=O) groups excluding carboxylic acids is 1. The third-order valence-electron chi connectivity index (χ3n) is 3.35. The van der Waals surface area contributed by atoms with Crippen LogP contribution >= 0.6 is 11.3 Å². The van der Waals surface area contributed by atoms with Gasteiger partial charge in [0.1, 0.15) is 10.7 Å². The Bertz CT molecular complexity index is 690. The van der Waals surface area contributed by atoms with Crippen LogP contribution in [-0.2, 0) is 4.74 Å². The summed E-state index contributed by atoms with van der Waals surface area (Å²) in [6.45, 7) is -0.539. The molecule has 9 heteroatoms. The molecule has 0 unspecified atom stereocenters. The van der Waals surface area contributed by atoms with Crippen molar-refractivity contribution >= 4 is 17.2 Å². The number of thiazole rings is 1. The summed E-state index contributed by atoms with van der Waals surface area (Å²) in [5.41, 5.74) is 0.892. The number of carbonyl (C=O) groups is 1. The van der Waals surface area contributed by atoms with E-state index >= 15 is 0 Å². The summed E-state index contributed by atoms with van der Waals surface area (Å²) < 4.78 is 42.9. The first-order valence-electron chi connectivity index (χ1n) is 6.78. The van der Waals surface area contributed by atoms with E-state index in [1.54, 1.807) is 29.9 Å².